The summed E-state index contributed by atoms with van der Waals surface area (Å²) in [6, 6.07) is 10.2. The second-order valence-corrected chi connectivity index (χ2v) is 4.94. The van der Waals surface area contributed by atoms with Crippen LogP contribution in [0.3, 0.4) is 0 Å². The lowest BCUT2D eigenvalue weighted by molar-refractivity contribution is -0.384. The topological polar surface area (TPSA) is 119 Å². The SMILES string of the molecule is Cc1ccc(OCC(=O)Nc2ccc([N+](=O)[O-])cc2C(=O)O)cc1. The molecule has 0 aliphatic heterocycles. The van der Waals surface area contributed by atoms with E-state index in [1.807, 2.05) is 19.1 Å². The first-order chi connectivity index (χ1) is 11.4. The van der Waals surface area contributed by atoms with Crippen LogP contribution in [0.5, 0.6) is 5.75 Å². The van der Waals surface area contributed by atoms with Crippen molar-refractivity contribution in [2.75, 3.05) is 11.9 Å². The van der Waals surface area contributed by atoms with Crippen LogP contribution in [0.1, 0.15) is 15.9 Å². The van der Waals surface area contributed by atoms with Crippen LogP contribution in [-0.2, 0) is 4.79 Å². The van der Waals surface area contributed by atoms with Crippen LogP contribution in [0.15, 0.2) is 42.5 Å². The number of rotatable bonds is 6. The van der Waals surface area contributed by atoms with Crippen LogP contribution < -0.4 is 10.1 Å². The number of hydrogen-bond acceptors (Lipinski definition) is 5. The maximum Gasteiger partial charge on any atom is 0.338 e. The smallest absolute Gasteiger partial charge is 0.338 e. The molecule has 2 aromatic carbocycles. The Kier molecular flexibility index (Phi) is 5.10. The lowest BCUT2D eigenvalue weighted by atomic mass is 10.1. The highest BCUT2D eigenvalue weighted by Crippen LogP contribution is 2.22. The van der Waals surface area contributed by atoms with E-state index in [9.17, 15) is 19.7 Å². The zero-order valence-electron chi connectivity index (χ0n) is 12.7. The number of benzene rings is 2. The molecule has 2 aromatic rings. The Balaban J connectivity index is 2.06. The van der Waals surface area contributed by atoms with E-state index >= 15 is 0 Å². The summed E-state index contributed by atoms with van der Waals surface area (Å²) in [5.41, 5.74) is 0.267. The summed E-state index contributed by atoms with van der Waals surface area (Å²) < 4.78 is 5.29. The van der Waals surface area contributed by atoms with E-state index in [4.69, 9.17) is 9.84 Å². The first kappa shape index (κ1) is 16.9. The molecule has 0 aromatic heterocycles. The van der Waals surface area contributed by atoms with Crippen molar-refractivity contribution in [3.05, 3.63) is 63.7 Å². The van der Waals surface area contributed by atoms with Gasteiger partial charge in [-0.25, -0.2) is 4.79 Å². The summed E-state index contributed by atoms with van der Waals surface area (Å²) in [5, 5.41) is 22.2. The zero-order chi connectivity index (χ0) is 17.7. The van der Waals surface area contributed by atoms with Gasteiger partial charge in [-0.2, -0.15) is 0 Å². The fraction of sp³-hybridized carbons (Fsp3) is 0.125. The fourth-order valence-corrected chi connectivity index (χ4v) is 1.90. The van der Waals surface area contributed by atoms with Gasteiger partial charge in [0.2, 0.25) is 0 Å². The number of nitro benzene ring substituents is 1. The number of carboxylic acid groups (broad SMARTS) is 1. The van der Waals surface area contributed by atoms with Gasteiger partial charge in [0.1, 0.15) is 5.75 Å². The van der Waals surface area contributed by atoms with Crippen LogP contribution in [-0.4, -0.2) is 28.5 Å². The number of nitrogens with zero attached hydrogens (tertiary/aromatic N) is 1. The van der Waals surface area contributed by atoms with Gasteiger partial charge in [-0.1, -0.05) is 17.7 Å². The first-order valence-electron chi connectivity index (χ1n) is 6.88. The summed E-state index contributed by atoms with van der Waals surface area (Å²) in [6.45, 7) is 1.59. The summed E-state index contributed by atoms with van der Waals surface area (Å²) in [4.78, 5) is 33.1. The number of carbonyl (C=O) groups excluding carboxylic acids is 1. The second kappa shape index (κ2) is 7.23. The van der Waals surface area contributed by atoms with Crippen LogP contribution in [0, 0.1) is 17.0 Å². The number of aryl methyl sites for hydroxylation is 1. The standard InChI is InChI=1S/C16H14N2O6/c1-10-2-5-12(6-3-10)24-9-15(19)17-14-7-4-11(18(22)23)8-13(14)16(20)21/h2-8H,9H2,1H3,(H,17,19)(H,20,21). The van der Waals surface area contributed by atoms with Crippen LogP contribution in [0.25, 0.3) is 0 Å². The van der Waals surface area contributed by atoms with Gasteiger partial charge in [0, 0.05) is 12.1 Å². The first-order valence-corrected chi connectivity index (χ1v) is 6.88. The number of nitrogens with one attached hydrogen (secondary N) is 1. The highest BCUT2D eigenvalue weighted by Gasteiger charge is 2.17. The van der Waals surface area contributed by atoms with Crippen LogP contribution in [0.4, 0.5) is 11.4 Å². The van der Waals surface area contributed by atoms with Crippen molar-refractivity contribution >= 4 is 23.3 Å². The Hall–Kier alpha value is -3.42. The molecule has 0 unspecified atom stereocenters. The Morgan fingerprint density at radius 2 is 1.88 bits per heavy atom. The highest BCUT2D eigenvalue weighted by molar-refractivity contribution is 6.01. The van der Waals surface area contributed by atoms with Gasteiger partial charge in [-0.15, -0.1) is 0 Å². The number of aromatic carboxylic acids is 1. The minimum Gasteiger partial charge on any atom is -0.484 e. The van der Waals surface area contributed by atoms with E-state index in [-0.39, 0.29) is 23.5 Å². The summed E-state index contributed by atoms with van der Waals surface area (Å²) >= 11 is 0. The van der Waals surface area contributed by atoms with Gasteiger partial charge in [0.25, 0.3) is 11.6 Å². The average Bonchev–Trinajstić information content (AvgIpc) is 2.54. The molecule has 0 atom stereocenters. The van der Waals surface area contributed by atoms with E-state index in [2.05, 4.69) is 5.32 Å². The highest BCUT2D eigenvalue weighted by atomic mass is 16.6. The van der Waals surface area contributed by atoms with E-state index in [1.165, 1.54) is 6.07 Å². The molecule has 0 aliphatic carbocycles. The monoisotopic (exact) mass is 330 g/mol. The summed E-state index contributed by atoms with van der Waals surface area (Å²) in [7, 11) is 0. The number of carbonyl (C=O) groups is 2. The van der Waals surface area contributed by atoms with Gasteiger partial charge in [-0.3, -0.25) is 14.9 Å². The molecule has 0 bridgehead atoms. The molecular formula is C16H14N2O6. The Labute approximate surface area is 136 Å². The number of hydrogen-bond donors (Lipinski definition) is 2. The third-order valence-electron chi connectivity index (χ3n) is 3.11. The molecule has 0 saturated heterocycles. The maximum atomic E-state index is 11.9. The average molecular weight is 330 g/mol. The fourth-order valence-electron chi connectivity index (χ4n) is 1.90. The molecule has 24 heavy (non-hydrogen) atoms. The molecule has 0 heterocycles. The number of anilines is 1. The van der Waals surface area contributed by atoms with Crippen molar-refractivity contribution in [2.24, 2.45) is 0 Å². The number of non-ortho nitro benzene ring substituents is 1. The molecule has 0 aliphatic rings. The maximum absolute atomic E-state index is 11.9. The molecule has 0 radical (unpaired) electrons. The summed E-state index contributed by atoms with van der Waals surface area (Å²) in [6.07, 6.45) is 0. The number of amides is 1. The normalized spacial score (nSPS) is 10.0. The molecular weight excluding hydrogens is 316 g/mol. The minimum atomic E-state index is -1.38. The molecule has 1 amide bonds. The second-order valence-electron chi connectivity index (χ2n) is 4.94. The van der Waals surface area contributed by atoms with Gasteiger partial charge in [0.15, 0.2) is 6.61 Å². The van der Waals surface area contributed by atoms with Crippen molar-refractivity contribution in [2.45, 2.75) is 6.92 Å². The molecule has 8 heteroatoms. The minimum absolute atomic E-state index is 0.0365. The van der Waals surface area contributed by atoms with Gasteiger partial charge < -0.3 is 15.2 Å². The Morgan fingerprint density at radius 1 is 1.21 bits per heavy atom. The third-order valence-corrected chi connectivity index (χ3v) is 3.11. The molecule has 2 rings (SSSR count). The largest absolute Gasteiger partial charge is 0.484 e. The number of carboxylic acids is 1. The quantitative estimate of drug-likeness (QED) is 0.621. The van der Waals surface area contributed by atoms with Gasteiger partial charge >= 0.3 is 5.97 Å². The summed E-state index contributed by atoms with van der Waals surface area (Å²) in [5.74, 6) is -1.46. The predicted molar refractivity (Wildman–Crippen MR) is 85.4 cm³/mol. The molecule has 8 nitrogen and oxygen atoms in total. The van der Waals surface area contributed by atoms with Crippen molar-refractivity contribution < 1.29 is 24.4 Å². The lowest BCUT2D eigenvalue weighted by Crippen LogP contribution is -2.21. The van der Waals surface area contributed by atoms with E-state index in [0.29, 0.717) is 5.75 Å². The number of ether oxygens (including phenoxy) is 1. The van der Waals surface area contributed by atoms with Gasteiger partial charge in [-0.05, 0) is 25.1 Å². The zero-order valence-corrected chi connectivity index (χ0v) is 12.7. The predicted octanol–water partition coefficient (Wildman–Crippen LogP) is 2.62. The Bertz CT molecular complexity index is 786. The molecule has 0 spiro atoms. The van der Waals surface area contributed by atoms with Crippen molar-refractivity contribution in [3.8, 4) is 5.75 Å². The van der Waals surface area contributed by atoms with E-state index in [1.54, 1.807) is 12.1 Å². The van der Waals surface area contributed by atoms with Crippen molar-refractivity contribution in [1.29, 1.82) is 0 Å². The van der Waals surface area contributed by atoms with Crippen molar-refractivity contribution in [3.63, 3.8) is 0 Å². The third kappa shape index (κ3) is 4.29. The van der Waals surface area contributed by atoms with Gasteiger partial charge in [0.05, 0.1) is 16.2 Å². The molecule has 0 fully saturated rings. The van der Waals surface area contributed by atoms with Crippen molar-refractivity contribution in [1.82, 2.24) is 0 Å². The van der Waals surface area contributed by atoms with E-state index in [0.717, 1.165) is 17.7 Å². The molecule has 2 N–H and O–H groups in total. The van der Waals surface area contributed by atoms with E-state index < -0.39 is 16.8 Å². The van der Waals surface area contributed by atoms with Crippen LogP contribution >= 0.6 is 0 Å². The van der Waals surface area contributed by atoms with Crippen LogP contribution in [0.2, 0.25) is 0 Å². The number of nitro groups is 1. The molecule has 124 valence electrons. The molecule has 0 saturated carbocycles. The Morgan fingerprint density at radius 3 is 2.46 bits per heavy atom. The lowest BCUT2D eigenvalue weighted by Gasteiger charge is -2.10.